The second-order valence-electron chi connectivity index (χ2n) is 6.20. The molecular weight excluding hydrogens is 282 g/mol. The van der Waals surface area contributed by atoms with E-state index in [0.29, 0.717) is 11.3 Å². The van der Waals surface area contributed by atoms with Crippen molar-refractivity contribution in [3.05, 3.63) is 21.9 Å². The average Bonchev–Trinajstić information content (AvgIpc) is 2.90. The molecule has 1 atom stereocenters. The van der Waals surface area contributed by atoms with Crippen LogP contribution < -0.4 is 5.32 Å². The van der Waals surface area contributed by atoms with E-state index < -0.39 is 0 Å². The highest BCUT2D eigenvalue weighted by atomic mass is 32.1. The summed E-state index contributed by atoms with van der Waals surface area (Å²) in [5.41, 5.74) is 0.924. The minimum Gasteiger partial charge on any atom is -0.395 e. The van der Waals surface area contributed by atoms with Crippen LogP contribution in [0.3, 0.4) is 0 Å². The molecule has 3 nitrogen and oxygen atoms in total. The summed E-state index contributed by atoms with van der Waals surface area (Å²) in [5, 5.41) is 13.9. The van der Waals surface area contributed by atoms with Crippen molar-refractivity contribution < 1.29 is 9.90 Å². The molecule has 21 heavy (non-hydrogen) atoms. The smallest absolute Gasteiger partial charge is 0.262 e. The second-order valence-corrected chi connectivity index (χ2v) is 7.12. The fourth-order valence-electron chi connectivity index (χ4n) is 2.78. The molecule has 1 amide bonds. The molecule has 1 heterocycles. The Morgan fingerprint density at radius 1 is 1.52 bits per heavy atom. The minimum atomic E-state index is -0.0155. The van der Waals surface area contributed by atoms with Crippen LogP contribution >= 0.6 is 11.3 Å². The lowest BCUT2D eigenvalue weighted by Gasteiger charge is -2.39. The number of hydrogen-bond donors (Lipinski definition) is 2. The summed E-state index contributed by atoms with van der Waals surface area (Å²) in [7, 11) is 0. The number of thiophene rings is 1. The van der Waals surface area contributed by atoms with Crippen LogP contribution in [0.15, 0.2) is 11.4 Å². The van der Waals surface area contributed by atoms with Gasteiger partial charge >= 0.3 is 0 Å². The van der Waals surface area contributed by atoms with Crippen LogP contribution in [0.4, 0.5) is 0 Å². The third-order valence-corrected chi connectivity index (χ3v) is 5.06. The van der Waals surface area contributed by atoms with Crippen molar-refractivity contribution in [1.29, 1.82) is 0 Å². The van der Waals surface area contributed by atoms with E-state index in [0.717, 1.165) is 18.4 Å². The van der Waals surface area contributed by atoms with Crippen LogP contribution in [0, 0.1) is 17.3 Å². The zero-order valence-electron chi connectivity index (χ0n) is 12.7. The Labute approximate surface area is 130 Å². The fraction of sp³-hybridized carbons (Fsp3) is 0.588. The predicted molar refractivity (Wildman–Crippen MR) is 86.4 cm³/mol. The van der Waals surface area contributed by atoms with Crippen LogP contribution in [-0.4, -0.2) is 23.7 Å². The van der Waals surface area contributed by atoms with E-state index in [1.54, 1.807) is 0 Å². The molecule has 1 aliphatic rings. The average molecular weight is 305 g/mol. The lowest BCUT2D eigenvalue weighted by Crippen LogP contribution is -2.46. The Balaban J connectivity index is 2.07. The van der Waals surface area contributed by atoms with Gasteiger partial charge in [-0.25, -0.2) is 0 Å². The van der Waals surface area contributed by atoms with Crippen molar-refractivity contribution in [1.82, 2.24) is 5.32 Å². The third-order valence-electron chi connectivity index (χ3n) is 4.14. The van der Waals surface area contributed by atoms with E-state index >= 15 is 0 Å². The topological polar surface area (TPSA) is 49.3 Å². The van der Waals surface area contributed by atoms with Gasteiger partial charge in [0.2, 0.25) is 0 Å². The number of aliphatic hydroxyl groups is 1. The highest BCUT2D eigenvalue weighted by Gasteiger charge is 2.33. The molecule has 4 heteroatoms. The monoisotopic (exact) mass is 305 g/mol. The Kier molecular flexibility index (Phi) is 5.44. The molecular formula is C17H23NO2S. The Hall–Kier alpha value is -1.31. The standard InChI is InChI=1S/C17H23NO2S/c1-17(2)10-5-3-8-14(17)18-16(20)15-13(9-12-21-15)7-4-6-11-19/h9,12,14,19H,3,5-6,8,10-11H2,1-2H3,(H,18,20). The van der Waals surface area contributed by atoms with E-state index in [1.807, 2.05) is 11.4 Å². The van der Waals surface area contributed by atoms with Gasteiger partial charge in [-0.15, -0.1) is 11.3 Å². The highest BCUT2D eigenvalue weighted by molar-refractivity contribution is 7.12. The number of rotatable bonds is 3. The summed E-state index contributed by atoms with van der Waals surface area (Å²) in [5.74, 6) is 5.84. The molecule has 1 unspecified atom stereocenters. The SMILES string of the molecule is CC1(C)CCCCC1NC(=O)c1sccc1C#CCCO. The normalized spacial score (nSPS) is 20.4. The molecule has 2 rings (SSSR count). The van der Waals surface area contributed by atoms with Crippen molar-refractivity contribution in [2.75, 3.05) is 6.61 Å². The van der Waals surface area contributed by atoms with Gasteiger partial charge in [-0.3, -0.25) is 4.79 Å². The van der Waals surface area contributed by atoms with Crippen molar-refractivity contribution in [3.8, 4) is 11.8 Å². The van der Waals surface area contributed by atoms with Crippen molar-refractivity contribution in [2.24, 2.45) is 5.41 Å². The van der Waals surface area contributed by atoms with Gasteiger partial charge in [0, 0.05) is 18.0 Å². The molecule has 1 aliphatic carbocycles. The van der Waals surface area contributed by atoms with Gasteiger partial charge in [0.15, 0.2) is 0 Å². The van der Waals surface area contributed by atoms with Gasteiger partial charge in [0.25, 0.3) is 5.91 Å². The molecule has 1 fully saturated rings. The lowest BCUT2D eigenvalue weighted by atomic mass is 9.73. The van der Waals surface area contributed by atoms with Crippen LogP contribution in [0.1, 0.15) is 61.2 Å². The maximum absolute atomic E-state index is 12.5. The molecule has 1 saturated carbocycles. The largest absolute Gasteiger partial charge is 0.395 e. The zero-order chi connectivity index (χ0) is 15.3. The van der Waals surface area contributed by atoms with E-state index in [4.69, 9.17) is 5.11 Å². The predicted octanol–water partition coefficient (Wildman–Crippen LogP) is 3.18. The first-order valence-electron chi connectivity index (χ1n) is 7.52. The number of hydrogen-bond acceptors (Lipinski definition) is 3. The number of amides is 1. The van der Waals surface area contributed by atoms with Gasteiger partial charge in [-0.1, -0.05) is 38.5 Å². The molecule has 2 N–H and O–H groups in total. The Bertz CT molecular complexity index is 551. The maximum Gasteiger partial charge on any atom is 0.262 e. The number of carbonyl (C=O) groups excluding carboxylic acids is 1. The van der Waals surface area contributed by atoms with E-state index in [-0.39, 0.29) is 24.0 Å². The summed E-state index contributed by atoms with van der Waals surface area (Å²) in [4.78, 5) is 13.2. The quantitative estimate of drug-likeness (QED) is 0.843. The van der Waals surface area contributed by atoms with Crippen LogP contribution in [0.5, 0.6) is 0 Å². The van der Waals surface area contributed by atoms with Crippen LogP contribution in [-0.2, 0) is 0 Å². The van der Waals surface area contributed by atoms with Gasteiger partial charge in [0.05, 0.1) is 6.61 Å². The van der Waals surface area contributed by atoms with Crippen molar-refractivity contribution in [3.63, 3.8) is 0 Å². The number of aliphatic hydroxyl groups excluding tert-OH is 1. The molecule has 0 spiro atoms. The van der Waals surface area contributed by atoms with E-state index in [2.05, 4.69) is 31.0 Å². The highest BCUT2D eigenvalue weighted by Crippen LogP contribution is 2.35. The molecule has 114 valence electrons. The first kappa shape index (κ1) is 16.1. The summed E-state index contributed by atoms with van der Waals surface area (Å²) in [6, 6.07) is 2.11. The van der Waals surface area contributed by atoms with E-state index in [1.165, 1.54) is 24.2 Å². The van der Waals surface area contributed by atoms with Crippen molar-refractivity contribution >= 4 is 17.2 Å². The fourth-order valence-corrected chi connectivity index (χ4v) is 3.53. The van der Waals surface area contributed by atoms with Gasteiger partial charge in [0.1, 0.15) is 4.88 Å². The summed E-state index contributed by atoms with van der Waals surface area (Å²) >= 11 is 1.43. The number of nitrogens with one attached hydrogen (secondary N) is 1. The van der Waals surface area contributed by atoms with Gasteiger partial charge < -0.3 is 10.4 Å². The third kappa shape index (κ3) is 4.09. The Morgan fingerprint density at radius 3 is 3.05 bits per heavy atom. The zero-order valence-corrected chi connectivity index (χ0v) is 13.6. The molecule has 0 aromatic carbocycles. The van der Waals surface area contributed by atoms with Gasteiger partial charge in [-0.05, 0) is 29.7 Å². The van der Waals surface area contributed by atoms with Gasteiger partial charge in [-0.2, -0.15) is 0 Å². The molecule has 0 radical (unpaired) electrons. The van der Waals surface area contributed by atoms with Crippen LogP contribution in [0.25, 0.3) is 0 Å². The van der Waals surface area contributed by atoms with Crippen LogP contribution in [0.2, 0.25) is 0 Å². The molecule has 0 saturated heterocycles. The summed E-state index contributed by atoms with van der Waals surface area (Å²) in [6.07, 6.45) is 5.08. The summed E-state index contributed by atoms with van der Waals surface area (Å²) in [6.45, 7) is 4.51. The second kappa shape index (κ2) is 7.11. The lowest BCUT2D eigenvalue weighted by molar-refractivity contribution is 0.0857. The molecule has 1 aromatic heterocycles. The van der Waals surface area contributed by atoms with Crippen molar-refractivity contribution in [2.45, 2.75) is 52.0 Å². The number of carbonyl (C=O) groups is 1. The minimum absolute atomic E-state index is 0.0155. The molecule has 0 aliphatic heterocycles. The summed E-state index contributed by atoms with van der Waals surface area (Å²) < 4.78 is 0. The van der Waals surface area contributed by atoms with E-state index in [9.17, 15) is 4.79 Å². The first-order valence-corrected chi connectivity index (χ1v) is 8.40. The molecule has 0 bridgehead atoms. The maximum atomic E-state index is 12.5. The first-order chi connectivity index (χ1) is 10.0. The Morgan fingerprint density at radius 2 is 2.33 bits per heavy atom. The molecule has 1 aromatic rings.